The second-order valence-corrected chi connectivity index (χ2v) is 14.9. The standard InChI is InChI=1S/C31H50O3/c1-18-11-14-31(20(3)32)16-15-29(7)21(25(31)19(18)2)9-10-24-28(6)17-22(33)26(34)27(4,5)23(28)12-13-30(24,29)8/h9,18-19,22-26,33-34H,10-17H2,1-8H3. The first-order chi connectivity index (χ1) is 15.7. The Balaban J connectivity index is 1.62. The van der Waals surface area contributed by atoms with Crippen molar-refractivity contribution in [3.05, 3.63) is 11.6 Å². The lowest BCUT2D eigenvalue weighted by Crippen LogP contribution is -2.67. The fourth-order valence-electron chi connectivity index (χ4n) is 11.2. The van der Waals surface area contributed by atoms with Gasteiger partial charge >= 0.3 is 0 Å². The molecule has 0 aliphatic heterocycles. The third-order valence-corrected chi connectivity index (χ3v) is 13.6. The molecule has 2 N–H and O–H groups in total. The molecular weight excluding hydrogens is 420 g/mol. The van der Waals surface area contributed by atoms with Gasteiger partial charge in [-0.15, -0.1) is 0 Å². The molecule has 0 bridgehead atoms. The molecule has 3 nitrogen and oxygen atoms in total. The van der Waals surface area contributed by atoms with E-state index in [2.05, 4.69) is 54.5 Å². The largest absolute Gasteiger partial charge is 0.390 e. The van der Waals surface area contributed by atoms with Gasteiger partial charge in [0.1, 0.15) is 5.78 Å². The molecule has 0 aromatic rings. The zero-order valence-electron chi connectivity index (χ0n) is 23.1. The number of ketones is 1. The van der Waals surface area contributed by atoms with Crippen LogP contribution in [0.1, 0.15) is 107 Å². The first kappa shape index (κ1) is 25.0. The van der Waals surface area contributed by atoms with Crippen molar-refractivity contribution in [3.8, 4) is 0 Å². The smallest absolute Gasteiger partial charge is 0.136 e. The summed E-state index contributed by atoms with van der Waals surface area (Å²) in [6.45, 7) is 18.6. The highest BCUT2D eigenvalue weighted by Gasteiger charge is 2.69. The van der Waals surface area contributed by atoms with Gasteiger partial charge < -0.3 is 10.2 Å². The number of hydrogen-bond acceptors (Lipinski definition) is 3. The van der Waals surface area contributed by atoms with Gasteiger partial charge in [-0.25, -0.2) is 0 Å². The SMILES string of the molecule is CC(=O)C12CCC(C)C(C)C1C1=CCC3C4(C)CC(O)C(O)C(C)(C)C4CCC3(C)C1(C)CC2. The molecule has 4 fully saturated rings. The predicted octanol–water partition coefficient (Wildman–Crippen LogP) is 6.56. The fraction of sp³-hybridized carbons (Fsp3) is 0.903. The van der Waals surface area contributed by atoms with E-state index in [0.29, 0.717) is 41.8 Å². The Bertz CT molecular complexity index is 904. The van der Waals surface area contributed by atoms with Crippen molar-refractivity contribution < 1.29 is 15.0 Å². The third-order valence-electron chi connectivity index (χ3n) is 13.6. The van der Waals surface area contributed by atoms with E-state index in [1.807, 2.05) is 6.92 Å². The Morgan fingerprint density at radius 2 is 1.62 bits per heavy atom. The summed E-state index contributed by atoms with van der Waals surface area (Å²) in [6.07, 6.45) is 9.75. The van der Waals surface area contributed by atoms with Gasteiger partial charge in [0, 0.05) is 5.41 Å². The topological polar surface area (TPSA) is 57.5 Å². The van der Waals surface area contributed by atoms with Gasteiger partial charge in [0.05, 0.1) is 12.2 Å². The zero-order valence-corrected chi connectivity index (χ0v) is 23.1. The molecule has 5 rings (SSSR count). The highest BCUT2D eigenvalue weighted by atomic mass is 16.3. The van der Waals surface area contributed by atoms with Crippen LogP contribution in [-0.4, -0.2) is 28.2 Å². The maximum Gasteiger partial charge on any atom is 0.136 e. The van der Waals surface area contributed by atoms with Crippen molar-refractivity contribution in [1.82, 2.24) is 0 Å². The molecule has 0 aromatic carbocycles. The van der Waals surface area contributed by atoms with Gasteiger partial charge in [-0.3, -0.25) is 4.79 Å². The van der Waals surface area contributed by atoms with Crippen LogP contribution in [0.25, 0.3) is 0 Å². The molecule has 0 radical (unpaired) electrons. The number of carbonyl (C=O) groups excluding carboxylic acids is 1. The van der Waals surface area contributed by atoms with Crippen LogP contribution in [0.3, 0.4) is 0 Å². The van der Waals surface area contributed by atoms with E-state index in [4.69, 9.17) is 0 Å². The van der Waals surface area contributed by atoms with Crippen molar-refractivity contribution in [1.29, 1.82) is 0 Å². The molecule has 3 heteroatoms. The zero-order chi connectivity index (χ0) is 25.1. The molecule has 192 valence electrons. The Labute approximate surface area is 208 Å². The average Bonchev–Trinajstić information content (AvgIpc) is 2.75. The predicted molar refractivity (Wildman–Crippen MR) is 137 cm³/mol. The summed E-state index contributed by atoms with van der Waals surface area (Å²) in [6, 6.07) is 0. The van der Waals surface area contributed by atoms with Gasteiger partial charge in [0.15, 0.2) is 0 Å². The maximum atomic E-state index is 13.2. The van der Waals surface area contributed by atoms with Gasteiger partial charge in [-0.05, 0) is 110 Å². The number of carbonyl (C=O) groups is 1. The van der Waals surface area contributed by atoms with E-state index in [0.717, 1.165) is 32.1 Å². The molecule has 4 saturated carbocycles. The summed E-state index contributed by atoms with van der Waals surface area (Å²) in [7, 11) is 0. The molecule has 0 amide bonds. The second kappa shape index (κ2) is 7.44. The third kappa shape index (κ3) is 2.81. The lowest BCUT2D eigenvalue weighted by Gasteiger charge is -2.71. The average molecular weight is 471 g/mol. The fourth-order valence-corrected chi connectivity index (χ4v) is 11.2. The van der Waals surface area contributed by atoms with E-state index in [1.54, 1.807) is 5.57 Å². The number of hydrogen-bond donors (Lipinski definition) is 2. The van der Waals surface area contributed by atoms with Gasteiger partial charge in [0.25, 0.3) is 0 Å². The number of aliphatic hydroxyl groups is 2. The minimum absolute atomic E-state index is 0.0147. The number of aliphatic hydroxyl groups excluding tert-OH is 2. The minimum atomic E-state index is -0.646. The van der Waals surface area contributed by atoms with Gasteiger partial charge in [-0.2, -0.15) is 0 Å². The summed E-state index contributed by atoms with van der Waals surface area (Å²) in [4.78, 5) is 13.2. The van der Waals surface area contributed by atoms with Crippen LogP contribution in [0.4, 0.5) is 0 Å². The van der Waals surface area contributed by atoms with Crippen molar-refractivity contribution in [3.63, 3.8) is 0 Å². The Hall–Kier alpha value is -0.670. The number of Topliss-reactive ketones (excluding diaryl/α,β-unsaturated/α-hetero) is 1. The molecule has 11 unspecified atom stereocenters. The molecule has 34 heavy (non-hydrogen) atoms. The lowest BCUT2D eigenvalue weighted by molar-refractivity contribution is -0.231. The molecule has 0 heterocycles. The van der Waals surface area contributed by atoms with Gasteiger partial charge in [0.2, 0.25) is 0 Å². The number of rotatable bonds is 1. The van der Waals surface area contributed by atoms with E-state index in [9.17, 15) is 15.0 Å². The second-order valence-electron chi connectivity index (χ2n) is 14.9. The summed E-state index contributed by atoms with van der Waals surface area (Å²) in [5.74, 6) is 2.93. The van der Waals surface area contributed by atoms with Crippen molar-refractivity contribution >= 4 is 5.78 Å². The van der Waals surface area contributed by atoms with Crippen LogP contribution in [0.2, 0.25) is 0 Å². The monoisotopic (exact) mass is 470 g/mol. The minimum Gasteiger partial charge on any atom is -0.390 e. The van der Waals surface area contributed by atoms with E-state index >= 15 is 0 Å². The Kier molecular flexibility index (Phi) is 5.47. The van der Waals surface area contributed by atoms with Gasteiger partial charge in [-0.1, -0.05) is 60.1 Å². The Morgan fingerprint density at radius 1 is 0.941 bits per heavy atom. The summed E-state index contributed by atoms with van der Waals surface area (Å²) in [5, 5.41) is 21.9. The van der Waals surface area contributed by atoms with Crippen LogP contribution in [0.5, 0.6) is 0 Å². The summed E-state index contributed by atoms with van der Waals surface area (Å²) in [5.41, 5.74) is 1.45. The Morgan fingerprint density at radius 3 is 2.26 bits per heavy atom. The molecule has 11 atom stereocenters. The van der Waals surface area contributed by atoms with Crippen LogP contribution < -0.4 is 0 Å². The van der Waals surface area contributed by atoms with Crippen molar-refractivity contribution in [2.45, 2.75) is 119 Å². The first-order valence-corrected chi connectivity index (χ1v) is 14.2. The number of fused-ring (bicyclic) bond motifs is 7. The quantitative estimate of drug-likeness (QED) is 0.426. The highest BCUT2D eigenvalue weighted by Crippen LogP contribution is 2.75. The van der Waals surface area contributed by atoms with Crippen LogP contribution in [0, 0.1) is 56.7 Å². The molecule has 5 aliphatic carbocycles. The lowest BCUT2D eigenvalue weighted by atomic mass is 9.33. The molecule has 5 aliphatic rings. The van der Waals surface area contributed by atoms with Crippen LogP contribution in [-0.2, 0) is 4.79 Å². The molecule has 0 spiro atoms. The summed E-state index contributed by atoms with van der Waals surface area (Å²) < 4.78 is 0. The normalized spacial score (nSPS) is 56.3. The van der Waals surface area contributed by atoms with Crippen molar-refractivity contribution in [2.24, 2.45) is 56.7 Å². The van der Waals surface area contributed by atoms with E-state index in [1.165, 1.54) is 12.8 Å². The molecular formula is C31H50O3. The van der Waals surface area contributed by atoms with Crippen LogP contribution >= 0.6 is 0 Å². The molecule has 0 aromatic heterocycles. The number of allylic oxidation sites excluding steroid dienone is 2. The summed E-state index contributed by atoms with van der Waals surface area (Å²) >= 11 is 0. The van der Waals surface area contributed by atoms with Crippen LogP contribution in [0.15, 0.2) is 11.6 Å². The maximum absolute atomic E-state index is 13.2. The highest BCUT2D eigenvalue weighted by molar-refractivity contribution is 5.84. The molecule has 0 saturated heterocycles. The van der Waals surface area contributed by atoms with Crippen molar-refractivity contribution in [2.75, 3.05) is 0 Å². The van der Waals surface area contributed by atoms with E-state index in [-0.39, 0.29) is 27.1 Å². The first-order valence-electron chi connectivity index (χ1n) is 14.2. The van der Waals surface area contributed by atoms with E-state index < -0.39 is 12.2 Å².